The Kier molecular flexibility index (Phi) is 5.20. The first kappa shape index (κ1) is 24.5. The molecule has 0 aromatic carbocycles. The Bertz CT molecular complexity index is 923. The first-order chi connectivity index (χ1) is 15.7. The highest BCUT2D eigenvalue weighted by molar-refractivity contribution is 5.76. The van der Waals surface area contributed by atoms with Crippen molar-refractivity contribution >= 4 is 12.3 Å². The Morgan fingerprint density at radius 2 is 1.59 bits per heavy atom. The van der Waals surface area contributed by atoms with Gasteiger partial charge in [0.05, 0.1) is 11.5 Å². The van der Waals surface area contributed by atoms with Crippen molar-refractivity contribution < 1.29 is 19.8 Å². The first-order valence-corrected chi connectivity index (χ1v) is 13.8. The topological polar surface area (TPSA) is 74.6 Å². The third-order valence-corrected chi connectivity index (χ3v) is 13.5. The van der Waals surface area contributed by atoms with Gasteiger partial charge in [-0.05, 0) is 110 Å². The molecule has 0 aliphatic heterocycles. The van der Waals surface area contributed by atoms with Crippen LogP contribution in [0.2, 0.25) is 0 Å². The summed E-state index contributed by atoms with van der Waals surface area (Å²) in [6.45, 7) is 18.0. The monoisotopic (exact) mass is 470 g/mol. The van der Waals surface area contributed by atoms with Gasteiger partial charge in [-0.15, -0.1) is 0 Å². The van der Waals surface area contributed by atoms with Crippen LogP contribution in [0, 0.1) is 62.6 Å². The molecule has 0 bridgehead atoms. The van der Waals surface area contributed by atoms with Crippen molar-refractivity contribution in [2.24, 2.45) is 62.6 Å². The zero-order valence-corrected chi connectivity index (χ0v) is 22.2. The van der Waals surface area contributed by atoms with Crippen molar-refractivity contribution in [3.63, 3.8) is 0 Å². The van der Waals surface area contributed by atoms with E-state index >= 15 is 0 Å². The fourth-order valence-electron chi connectivity index (χ4n) is 11.7. The van der Waals surface area contributed by atoms with Gasteiger partial charge in [-0.2, -0.15) is 0 Å². The van der Waals surface area contributed by atoms with Crippen molar-refractivity contribution in [2.45, 2.75) is 99.0 Å². The number of aliphatic hydroxyl groups excluding tert-OH is 1. The van der Waals surface area contributed by atoms with E-state index in [0.717, 1.165) is 63.2 Å². The van der Waals surface area contributed by atoms with Crippen LogP contribution in [0.15, 0.2) is 12.2 Å². The van der Waals surface area contributed by atoms with Gasteiger partial charge in [0.2, 0.25) is 0 Å². The van der Waals surface area contributed by atoms with E-state index in [1.807, 2.05) is 0 Å². The number of carboxylic acid groups (broad SMARTS) is 1. The standard InChI is InChI=1S/C30H46O4/c1-17(2)18-10-13-30(25(33)34)15-14-27(5)19(23(18)30)8-9-22-28(27,6)12-11-21-26(3,4)24(32)20(16-31)29(21,22)7/h16,18-24,32H,1,8-15H2,2-7H3,(H,33,34)/t18-,19+,20-,21+,22-,23+,24+,27+,28+,29+,30-/m1/s1. The lowest BCUT2D eigenvalue weighted by Gasteiger charge is -2.70. The molecule has 0 unspecified atom stereocenters. The molecule has 4 heteroatoms. The zero-order valence-electron chi connectivity index (χ0n) is 22.2. The molecule has 0 heterocycles. The third kappa shape index (κ3) is 2.55. The maximum Gasteiger partial charge on any atom is 0.309 e. The van der Waals surface area contributed by atoms with E-state index in [0.29, 0.717) is 23.7 Å². The van der Waals surface area contributed by atoms with Crippen molar-refractivity contribution in [2.75, 3.05) is 0 Å². The Labute approximate surface area is 206 Å². The second-order valence-corrected chi connectivity index (χ2v) is 14.4. The van der Waals surface area contributed by atoms with Crippen molar-refractivity contribution in [3.8, 4) is 0 Å². The highest BCUT2D eigenvalue weighted by Crippen LogP contribution is 2.78. The molecule has 5 aliphatic carbocycles. The second-order valence-electron chi connectivity index (χ2n) is 14.4. The van der Waals surface area contributed by atoms with Crippen molar-refractivity contribution in [3.05, 3.63) is 12.2 Å². The Hall–Kier alpha value is -1.16. The highest BCUT2D eigenvalue weighted by Gasteiger charge is 2.74. The minimum Gasteiger partial charge on any atom is -0.481 e. The second kappa shape index (κ2) is 7.20. The predicted octanol–water partition coefficient (Wildman–Crippen LogP) is 6.12. The van der Waals surface area contributed by atoms with E-state index in [2.05, 4.69) is 48.1 Å². The van der Waals surface area contributed by atoms with E-state index in [9.17, 15) is 19.8 Å². The van der Waals surface area contributed by atoms with Gasteiger partial charge in [-0.1, -0.05) is 46.8 Å². The molecule has 190 valence electrons. The molecule has 0 aromatic heterocycles. The van der Waals surface area contributed by atoms with Crippen LogP contribution in [0.3, 0.4) is 0 Å². The van der Waals surface area contributed by atoms with E-state index in [1.54, 1.807) is 0 Å². The third-order valence-electron chi connectivity index (χ3n) is 13.5. The number of fused-ring (bicyclic) bond motifs is 7. The fourth-order valence-corrected chi connectivity index (χ4v) is 11.7. The summed E-state index contributed by atoms with van der Waals surface area (Å²) in [5.74, 6) is 0.617. The summed E-state index contributed by atoms with van der Waals surface area (Å²) in [6, 6.07) is 0. The molecule has 11 atom stereocenters. The molecule has 5 saturated carbocycles. The van der Waals surface area contributed by atoms with Crippen LogP contribution in [0.4, 0.5) is 0 Å². The quantitative estimate of drug-likeness (QED) is 0.385. The van der Waals surface area contributed by atoms with E-state index in [-0.39, 0.29) is 33.5 Å². The molecular formula is C30H46O4. The number of rotatable bonds is 3. The number of aliphatic carboxylic acids is 1. The number of carbonyl (C=O) groups is 2. The number of allylic oxidation sites excluding steroid dienone is 1. The van der Waals surface area contributed by atoms with Gasteiger partial charge in [-0.25, -0.2) is 0 Å². The SMILES string of the molecule is C=C(C)[C@H]1CC[C@@]2(C(=O)O)CC[C@@]3(C)[C@@H](CC[C@H]4[C@@]5(C)[C@H](C=O)[C@H](O)C(C)(C)[C@@H]5CC[C@@]43C)[C@H]12. The van der Waals surface area contributed by atoms with Crippen LogP contribution < -0.4 is 0 Å². The van der Waals surface area contributed by atoms with E-state index in [1.165, 1.54) is 0 Å². The Morgan fingerprint density at radius 3 is 2.18 bits per heavy atom. The van der Waals surface area contributed by atoms with Gasteiger partial charge >= 0.3 is 5.97 Å². The summed E-state index contributed by atoms with van der Waals surface area (Å²) >= 11 is 0. The van der Waals surface area contributed by atoms with Gasteiger partial charge in [0.15, 0.2) is 0 Å². The average Bonchev–Trinajstić information content (AvgIpc) is 3.22. The van der Waals surface area contributed by atoms with Crippen LogP contribution in [0.5, 0.6) is 0 Å². The number of hydrogen-bond acceptors (Lipinski definition) is 3. The summed E-state index contributed by atoms with van der Waals surface area (Å²) in [7, 11) is 0. The summed E-state index contributed by atoms with van der Waals surface area (Å²) in [4.78, 5) is 25.2. The molecule has 5 aliphatic rings. The number of carbonyl (C=O) groups excluding carboxylic acids is 1. The molecule has 0 amide bonds. The molecule has 4 nitrogen and oxygen atoms in total. The van der Waals surface area contributed by atoms with Gasteiger partial charge < -0.3 is 15.0 Å². The van der Waals surface area contributed by atoms with Gasteiger partial charge in [0.1, 0.15) is 6.29 Å². The van der Waals surface area contributed by atoms with E-state index < -0.39 is 17.5 Å². The lowest BCUT2D eigenvalue weighted by molar-refractivity contribution is -0.225. The van der Waals surface area contributed by atoms with Crippen LogP contribution in [0.1, 0.15) is 92.9 Å². The molecule has 34 heavy (non-hydrogen) atoms. The van der Waals surface area contributed by atoms with Crippen LogP contribution in [0.25, 0.3) is 0 Å². The van der Waals surface area contributed by atoms with E-state index in [4.69, 9.17) is 0 Å². The Balaban J connectivity index is 1.61. The highest BCUT2D eigenvalue weighted by atomic mass is 16.4. The number of aldehydes is 1. The summed E-state index contributed by atoms with van der Waals surface area (Å²) in [6.07, 6.45) is 8.13. The first-order valence-electron chi connectivity index (χ1n) is 13.8. The van der Waals surface area contributed by atoms with Crippen LogP contribution in [-0.2, 0) is 9.59 Å². The minimum atomic E-state index is -0.602. The van der Waals surface area contributed by atoms with Gasteiger partial charge in [0, 0.05) is 5.92 Å². The number of carboxylic acids is 1. The molecule has 0 saturated heterocycles. The predicted molar refractivity (Wildman–Crippen MR) is 133 cm³/mol. The molecule has 0 radical (unpaired) electrons. The average molecular weight is 471 g/mol. The van der Waals surface area contributed by atoms with Crippen LogP contribution in [-0.4, -0.2) is 28.6 Å². The van der Waals surface area contributed by atoms with Gasteiger partial charge in [0.25, 0.3) is 0 Å². The number of aliphatic hydroxyl groups is 1. The summed E-state index contributed by atoms with van der Waals surface area (Å²) in [5, 5.41) is 21.8. The lowest BCUT2D eigenvalue weighted by atomic mass is 9.34. The fraction of sp³-hybridized carbons (Fsp3) is 0.867. The normalized spacial score (nSPS) is 55.4. The molecule has 2 N–H and O–H groups in total. The molecule has 0 aromatic rings. The lowest BCUT2D eigenvalue weighted by Crippen LogP contribution is -2.65. The van der Waals surface area contributed by atoms with Gasteiger partial charge in [-0.3, -0.25) is 4.79 Å². The molecular weight excluding hydrogens is 424 g/mol. The minimum absolute atomic E-state index is 0.0371. The summed E-state index contributed by atoms with van der Waals surface area (Å²) < 4.78 is 0. The largest absolute Gasteiger partial charge is 0.481 e. The zero-order chi connectivity index (χ0) is 25.1. The molecule has 0 spiro atoms. The molecule has 5 fully saturated rings. The van der Waals surface area contributed by atoms with Crippen molar-refractivity contribution in [1.82, 2.24) is 0 Å². The molecule has 5 rings (SSSR count). The number of hydrogen-bond donors (Lipinski definition) is 2. The Morgan fingerprint density at radius 1 is 0.912 bits per heavy atom. The van der Waals surface area contributed by atoms with Crippen molar-refractivity contribution in [1.29, 1.82) is 0 Å². The maximum absolute atomic E-state index is 12.8. The maximum atomic E-state index is 12.8. The smallest absolute Gasteiger partial charge is 0.309 e. The van der Waals surface area contributed by atoms with Crippen LogP contribution >= 0.6 is 0 Å². The summed E-state index contributed by atoms with van der Waals surface area (Å²) in [5.41, 5.74) is 0.153.